The van der Waals surface area contributed by atoms with Crippen molar-refractivity contribution in [1.82, 2.24) is 4.90 Å². The number of carbonyl (C=O) groups is 2. The standard InChI is InChI=1S/C18H18BrNO4/c1-3-4-18(22)23-12-17(21)20(2)11-15-9-10-16(24-15)13-5-7-14(19)8-6-13/h3-10H,11-12H2,1-2H3/b4-3+. The molecule has 0 aliphatic carbocycles. The highest BCUT2D eigenvalue weighted by Crippen LogP contribution is 2.24. The second-order valence-corrected chi connectivity index (χ2v) is 6.05. The largest absolute Gasteiger partial charge is 0.459 e. The fraction of sp³-hybridized carbons (Fsp3) is 0.222. The van der Waals surface area contributed by atoms with Crippen molar-refractivity contribution in [2.75, 3.05) is 13.7 Å². The van der Waals surface area contributed by atoms with Gasteiger partial charge in [-0.05, 0) is 31.2 Å². The van der Waals surface area contributed by atoms with E-state index in [1.54, 1.807) is 20.0 Å². The highest BCUT2D eigenvalue weighted by atomic mass is 79.9. The Kier molecular flexibility index (Phi) is 6.37. The molecule has 0 spiro atoms. The Morgan fingerprint density at radius 1 is 1.21 bits per heavy atom. The summed E-state index contributed by atoms with van der Waals surface area (Å²) >= 11 is 3.39. The van der Waals surface area contributed by atoms with Crippen LogP contribution in [-0.4, -0.2) is 30.4 Å². The van der Waals surface area contributed by atoms with Gasteiger partial charge < -0.3 is 14.1 Å². The molecular weight excluding hydrogens is 374 g/mol. The van der Waals surface area contributed by atoms with Crippen molar-refractivity contribution in [3.63, 3.8) is 0 Å². The van der Waals surface area contributed by atoms with E-state index in [2.05, 4.69) is 15.9 Å². The van der Waals surface area contributed by atoms with E-state index < -0.39 is 5.97 Å². The average Bonchev–Trinajstić information content (AvgIpc) is 3.02. The topological polar surface area (TPSA) is 59.8 Å². The summed E-state index contributed by atoms with van der Waals surface area (Å²) in [6.07, 6.45) is 2.83. The summed E-state index contributed by atoms with van der Waals surface area (Å²) in [5.41, 5.74) is 0.957. The number of rotatable bonds is 6. The Morgan fingerprint density at radius 2 is 1.92 bits per heavy atom. The summed E-state index contributed by atoms with van der Waals surface area (Å²) in [7, 11) is 1.63. The molecule has 0 N–H and O–H groups in total. The van der Waals surface area contributed by atoms with E-state index in [4.69, 9.17) is 9.15 Å². The van der Waals surface area contributed by atoms with Gasteiger partial charge in [-0.3, -0.25) is 4.79 Å². The zero-order valence-corrected chi connectivity index (χ0v) is 15.1. The minimum absolute atomic E-state index is 0.292. The molecule has 0 fully saturated rings. The van der Waals surface area contributed by atoms with Gasteiger partial charge in [0.25, 0.3) is 5.91 Å². The first-order chi connectivity index (χ1) is 11.5. The molecule has 126 valence electrons. The molecule has 0 saturated carbocycles. The third kappa shape index (κ3) is 5.09. The van der Waals surface area contributed by atoms with Gasteiger partial charge in [-0.2, -0.15) is 0 Å². The molecule has 0 aliphatic rings. The summed E-state index contributed by atoms with van der Waals surface area (Å²) in [6, 6.07) is 11.5. The number of allylic oxidation sites excluding steroid dienone is 1. The van der Waals surface area contributed by atoms with Crippen LogP contribution in [0.15, 0.2) is 57.4 Å². The lowest BCUT2D eigenvalue weighted by Crippen LogP contribution is -2.30. The van der Waals surface area contributed by atoms with E-state index in [1.165, 1.54) is 11.0 Å². The number of amides is 1. The van der Waals surface area contributed by atoms with Crippen LogP contribution in [0.1, 0.15) is 12.7 Å². The highest BCUT2D eigenvalue weighted by molar-refractivity contribution is 9.10. The van der Waals surface area contributed by atoms with Gasteiger partial charge in [-0.1, -0.05) is 34.1 Å². The molecule has 0 radical (unpaired) electrons. The zero-order valence-electron chi connectivity index (χ0n) is 13.5. The molecule has 1 aromatic carbocycles. The number of nitrogens with zero attached hydrogens (tertiary/aromatic N) is 1. The number of esters is 1. The summed E-state index contributed by atoms with van der Waals surface area (Å²) in [5, 5.41) is 0. The summed E-state index contributed by atoms with van der Waals surface area (Å²) in [4.78, 5) is 24.6. The molecule has 1 amide bonds. The second kappa shape index (κ2) is 8.49. The number of likely N-dealkylation sites (N-methyl/N-ethyl adjacent to an activating group) is 1. The van der Waals surface area contributed by atoms with Crippen LogP contribution in [0.25, 0.3) is 11.3 Å². The summed E-state index contributed by atoms with van der Waals surface area (Å²) in [6.45, 7) is 1.71. The Balaban J connectivity index is 1.92. The van der Waals surface area contributed by atoms with Crippen molar-refractivity contribution in [2.24, 2.45) is 0 Å². The van der Waals surface area contributed by atoms with Crippen LogP contribution >= 0.6 is 15.9 Å². The van der Waals surface area contributed by atoms with Gasteiger partial charge in [-0.25, -0.2) is 4.79 Å². The number of ether oxygens (including phenoxy) is 1. The van der Waals surface area contributed by atoms with Crippen LogP contribution in [-0.2, 0) is 20.9 Å². The van der Waals surface area contributed by atoms with Gasteiger partial charge in [-0.15, -0.1) is 0 Å². The number of furan rings is 1. The van der Waals surface area contributed by atoms with Crippen LogP contribution in [0.4, 0.5) is 0 Å². The van der Waals surface area contributed by atoms with E-state index >= 15 is 0 Å². The second-order valence-electron chi connectivity index (χ2n) is 5.13. The first-order valence-electron chi connectivity index (χ1n) is 7.37. The average molecular weight is 392 g/mol. The minimum Gasteiger partial charge on any atom is -0.459 e. The molecule has 0 aliphatic heterocycles. The van der Waals surface area contributed by atoms with Crippen molar-refractivity contribution in [2.45, 2.75) is 13.5 Å². The molecule has 24 heavy (non-hydrogen) atoms. The first-order valence-corrected chi connectivity index (χ1v) is 8.17. The van der Waals surface area contributed by atoms with Crippen molar-refractivity contribution >= 4 is 27.8 Å². The fourth-order valence-electron chi connectivity index (χ4n) is 1.98. The van der Waals surface area contributed by atoms with E-state index in [0.29, 0.717) is 12.3 Å². The lowest BCUT2D eigenvalue weighted by atomic mass is 10.2. The van der Waals surface area contributed by atoms with Crippen molar-refractivity contribution in [3.05, 3.63) is 58.8 Å². The van der Waals surface area contributed by atoms with Gasteiger partial charge in [0, 0.05) is 23.2 Å². The normalized spacial score (nSPS) is 10.8. The number of halogens is 1. The monoisotopic (exact) mass is 391 g/mol. The maximum absolute atomic E-state index is 11.9. The Morgan fingerprint density at radius 3 is 2.58 bits per heavy atom. The third-order valence-electron chi connectivity index (χ3n) is 3.25. The molecule has 2 rings (SSSR count). The van der Waals surface area contributed by atoms with E-state index in [1.807, 2.05) is 36.4 Å². The molecule has 1 heterocycles. The lowest BCUT2D eigenvalue weighted by Gasteiger charge is -2.15. The SMILES string of the molecule is C/C=C/C(=O)OCC(=O)N(C)Cc1ccc(-c2ccc(Br)cc2)o1. The predicted octanol–water partition coefficient (Wildman–Crippen LogP) is 3.79. The van der Waals surface area contributed by atoms with Crippen molar-refractivity contribution in [1.29, 1.82) is 0 Å². The van der Waals surface area contributed by atoms with Crippen LogP contribution in [0.5, 0.6) is 0 Å². The number of hydrogen-bond acceptors (Lipinski definition) is 4. The minimum atomic E-state index is -0.533. The Bertz CT molecular complexity index is 734. The van der Waals surface area contributed by atoms with Gasteiger partial charge in [0.2, 0.25) is 0 Å². The van der Waals surface area contributed by atoms with Crippen molar-refractivity contribution < 1.29 is 18.7 Å². The summed E-state index contributed by atoms with van der Waals surface area (Å²) in [5.74, 6) is 0.561. The predicted molar refractivity (Wildman–Crippen MR) is 94.1 cm³/mol. The molecule has 0 bridgehead atoms. The smallest absolute Gasteiger partial charge is 0.330 e. The van der Waals surface area contributed by atoms with Crippen LogP contribution in [0.3, 0.4) is 0 Å². The third-order valence-corrected chi connectivity index (χ3v) is 3.78. The fourth-order valence-corrected chi connectivity index (χ4v) is 2.25. The van der Waals surface area contributed by atoms with Crippen LogP contribution < -0.4 is 0 Å². The quantitative estimate of drug-likeness (QED) is 0.555. The Labute approximate surface area is 149 Å². The van der Waals surface area contributed by atoms with Gasteiger partial charge >= 0.3 is 5.97 Å². The van der Waals surface area contributed by atoms with E-state index in [-0.39, 0.29) is 12.5 Å². The van der Waals surface area contributed by atoms with Gasteiger partial charge in [0.15, 0.2) is 6.61 Å². The Hall–Kier alpha value is -2.34. The highest BCUT2D eigenvalue weighted by Gasteiger charge is 2.13. The molecule has 5 nitrogen and oxygen atoms in total. The van der Waals surface area contributed by atoms with Gasteiger partial charge in [0.05, 0.1) is 6.54 Å². The van der Waals surface area contributed by atoms with E-state index in [9.17, 15) is 9.59 Å². The molecule has 0 atom stereocenters. The first kappa shape index (κ1) is 18.0. The molecule has 6 heteroatoms. The lowest BCUT2D eigenvalue weighted by molar-refractivity contribution is -0.147. The maximum Gasteiger partial charge on any atom is 0.330 e. The molecule has 1 aromatic heterocycles. The van der Waals surface area contributed by atoms with Crippen LogP contribution in [0.2, 0.25) is 0 Å². The molecule has 0 unspecified atom stereocenters. The molecule has 0 saturated heterocycles. The number of carbonyl (C=O) groups excluding carboxylic acids is 2. The maximum atomic E-state index is 11.9. The molecule has 2 aromatic rings. The summed E-state index contributed by atoms with van der Waals surface area (Å²) < 4.78 is 11.6. The number of hydrogen-bond donors (Lipinski definition) is 0. The number of benzene rings is 1. The van der Waals surface area contributed by atoms with Gasteiger partial charge in [0.1, 0.15) is 11.5 Å². The van der Waals surface area contributed by atoms with Crippen molar-refractivity contribution in [3.8, 4) is 11.3 Å². The zero-order chi connectivity index (χ0) is 17.5. The molecular formula is C18H18BrNO4. The van der Waals surface area contributed by atoms with Crippen LogP contribution in [0, 0.1) is 0 Å². The van der Waals surface area contributed by atoms with E-state index in [0.717, 1.165) is 15.8 Å².